The van der Waals surface area contributed by atoms with Crippen molar-refractivity contribution in [3.63, 3.8) is 0 Å². The van der Waals surface area contributed by atoms with E-state index in [9.17, 15) is 13.2 Å². The van der Waals surface area contributed by atoms with E-state index in [4.69, 9.17) is 10.5 Å². The first-order chi connectivity index (χ1) is 11.4. The largest absolute Gasteiger partial charge is 0.573 e. The molecular weight excluding hydrogens is 323 g/mol. The van der Waals surface area contributed by atoms with E-state index >= 15 is 0 Å². The number of halogens is 3. The van der Waals surface area contributed by atoms with Crippen LogP contribution in [0, 0.1) is 11.3 Å². The first kappa shape index (κ1) is 16.9. The lowest BCUT2D eigenvalue weighted by molar-refractivity contribution is -0.274. The van der Waals surface area contributed by atoms with Crippen LogP contribution in [0.2, 0.25) is 0 Å². The highest BCUT2D eigenvalue weighted by atomic mass is 19.4. The summed E-state index contributed by atoms with van der Waals surface area (Å²) in [6.45, 7) is 2.30. The van der Waals surface area contributed by atoms with Gasteiger partial charge in [-0.1, -0.05) is 0 Å². The Kier molecular flexibility index (Phi) is 4.58. The summed E-state index contributed by atoms with van der Waals surface area (Å²) in [5.74, 6) is 0.529. The Bertz CT molecular complexity index is 596. The third kappa shape index (κ3) is 4.31. The van der Waals surface area contributed by atoms with Gasteiger partial charge in [0.2, 0.25) is 0 Å². The van der Waals surface area contributed by atoms with Gasteiger partial charge in [-0.15, -0.1) is 13.2 Å². The van der Waals surface area contributed by atoms with Gasteiger partial charge < -0.3 is 20.5 Å². The first-order valence-corrected chi connectivity index (χ1v) is 7.87. The molecule has 1 atom stereocenters. The summed E-state index contributed by atoms with van der Waals surface area (Å²) in [6, 6.07) is 5.36. The highest BCUT2D eigenvalue weighted by Gasteiger charge is 2.53. The second-order valence-corrected chi connectivity index (χ2v) is 6.30. The van der Waals surface area contributed by atoms with Crippen LogP contribution in [0.3, 0.4) is 0 Å². The van der Waals surface area contributed by atoms with Crippen molar-refractivity contribution in [1.29, 1.82) is 0 Å². The van der Waals surface area contributed by atoms with Crippen LogP contribution in [0.1, 0.15) is 19.3 Å². The van der Waals surface area contributed by atoms with Crippen molar-refractivity contribution in [2.24, 2.45) is 22.1 Å². The van der Waals surface area contributed by atoms with E-state index in [-0.39, 0.29) is 11.7 Å². The third-order valence-electron chi connectivity index (χ3n) is 4.69. The zero-order valence-electron chi connectivity index (χ0n) is 13.1. The number of nitrogens with one attached hydrogen (secondary N) is 1. The zero-order chi connectivity index (χ0) is 17.2. The van der Waals surface area contributed by atoms with Crippen LogP contribution in [-0.4, -0.2) is 32.1 Å². The number of guanidine groups is 1. The van der Waals surface area contributed by atoms with E-state index in [1.165, 1.54) is 24.3 Å². The number of ether oxygens (including phenoxy) is 2. The molecule has 8 heteroatoms. The lowest BCUT2D eigenvalue weighted by atomic mass is 9.94. The average molecular weight is 343 g/mol. The number of hydrogen-bond donors (Lipinski definition) is 2. The SMILES string of the molecule is NC(=NCC1CC12CCOCC2)Nc1ccc(OC(F)(F)F)cc1. The molecule has 24 heavy (non-hydrogen) atoms. The Balaban J connectivity index is 1.49. The molecule has 0 aromatic heterocycles. The van der Waals surface area contributed by atoms with Gasteiger partial charge in [-0.05, 0) is 54.9 Å². The highest BCUT2D eigenvalue weighted by Crippen LogP contribution is 2.59. The average Bonchev–Trinajstić information content (AvgIpc) is 3.18. The summed E-state index contributed by atoms with van der Waals surface area (Å²) in [5, 5.41) is 2.87. The van der Waals surface area contributed by atoms with Crippen molar-refractivity contribution in [2.75, 3.05) is 25.1 Å². The number of alkyl halides is 3. The fourth-order valence-corrected chi connectivity index (χ4v) is 3.22. The van der Waals surface area contributed by atoms with Crippen LogP contribution >= 0.6 is 0 Å². The molecule has 1 saturated carbocycles. The first-order valence-electron chi connectivity index (χ1n) is 7.87. The molecule has 0 bridgehead atoms. The molecule has 0 amide bonds. The number of rotatable bonds is 4. The molecule has 1 aliphatic carbocycles. The van der Waals surface area contributed by atoms with Crippen LogP contribution in [0.5, 0.6) is 5.75 Å². The smallest absolute Gasteiger partial charge is 0.406 e. The lowest BCUT2D eigenvalue weighted by Crippen LogP contribution is -2.24. The molecule has 1 aliphatic heterocycles. The summed E-state index contributed by atoms with van der Waals surface area (Å²) >= 11 is 0. The van der Waals surface area contributed by atoms with Crippen molar-refractivity contribution in [2.45, 2.75) is 25.6 Å². The zero-order valence-corrected chi connectivity index (χ0v) is 13.1. The second-order valence-electron chi connectivity index (χ2n) is 6.30. The predicted octanol–water partition coefficient (Wildman–Crippen LogP) is 3.13. The number of nitrogens with zero attached hydrogens (tertiary/aromatic N) is 1. The Morgan fingerprint density at radius 3 is 2.58 bits per heavy atom. The Labute approximate surface area is 138 Å². The normalized spacial score (nSPS) is 23.1. The molecule has 2 fully saturated rings. The summed E-state index contributed by atoms with van der Waals surface area (Å²) in [6.07, 6.45) is -1.36. The van der Waals surface area contributed by atoms with Crippen LogP contribution in [0.15, 0.2) is 29.3 Å². The summed E-state index contributed by atoms with van der Waals surface area (Å²) in [4.78, 5) is 4.34. The highest BCUT2D eigenvalue weighted by molar-refractivity contribution is 5.92. The summed E-state index contributed by atoms with van der Waals surface area (Å²) < 4.78 is 45.5. The molecule has 5 nitrogen and oxygen atoms in total. The van der Waals surface area contributed by atoms with Crippen LogP contribution in [0.4, 0.5) is 18.9 Å². The molecule has 3 rings (SSSR count). The molecular formula is C16H20F3N3O2. The van der Waals surface area contributed by atoms with Gasteiger partial charge in [-0.3, -0.25) is 4.99 Å². The Morgan fingerprint density at radius 2 is 1.96 bits per heavy atom. The molecule has 2 aliphatic rings. The number of hydrogen-bond acceptors (Lipinski definition) is 3. The van der Waals surface area contributed by atoms with E-state index < -0.39 is 6.36 Å². The minimum absolute atomic E-state index is 0.258. The van der Waals surface area contributed by atoms with Crippen LogP contribution < -0.4 is 15.8 Å². The molecule has 1 unspecified atom stereocenters. The van der Waals surface area contributed by atoms with Gasteiger partial charge in [0.15, 0.2) is 5.96 Å². The van der Waals surface area contributed by atoms with Crippen molar-refractivity contribution in [1.82, 2.24) is 0 Å². The van der Waals surface area contributed by atoms with Gasteiger partial charge >= 0.3 is 6.36 Å². The number of nitrogens with two attached hydrogens (primary N) is 1. The second kappa shape index (κ2) is 6.51. The molecule has 3 N–H and O–H groups in total. The van der Waals surface area contributed by atoms with Crippen LogP contribution in [-0.2, 0) is 4.74 Å². The van der Waals surface area contributed by atoms with E-state index in [1.807, 2.05) is 0 Å². The minimum atomic E-state index is -4.69. The quantitative estimate of drug-likeness (QED) is 0.651. The number of benzene rings is 1. The van der Waals surface area contributed by atoms with E-state index in [0.29, 0.717) is 23.6 Å². The molecule has 1 aromatic rings. The topological polar surface area (TPSA) is 68.9 Å². The van der Waals surface area contributed by atoms with Gasteiger partial charge in [0, 0.05) is 25.4 Å². The van der Waals surface area contributed by atoms with Gasteiger partial charge in [-0.2, -0.15) is 0 Å². The predicted molar refractivity (Wildman–Crippen MR) is 83.8 cm³/mol. The third-order valence-corrected chi connectivity index (χ3v) is 4.69. The lowest BCUT2D eigenvalue weighted by Gasteiger charge is -2.22. The fourth-order valence-electron chi connectivity index (χ4n) is 3.22. The number of aliphatic imine (C=N–C) groups is 1. The molecule has 132 valence electrons. The van der Waals surface area contributed by atoms with Gasteiger partial charge in [0.1, 0.15) is 5.75 Å². The maximum absolute atomic E-state index is 12.1. The monoisotopic (exact) mass is 343 g/mol. The minimum Gasteiger partial charge on any atom is -0.406 e. The summed E-state index contributed by atoms with van der Waals surface area (Å²) in [5.41, 5.74) is 6.79. The van der Waals surface area contributed by atoms with E-state index in [2.05, 4.69) is 15.0 Å². The van der Waals surface area contributed by atoms with Gasteiger partial charge in [-0.25, -0.2) is 0 Å². The fraction of sp³-hybridized carbons (Fsp3) is 0.562. The molecule has 1 aromatic carbocycles. The van der Waals surface area contributed by atoms with Crippen molar-refractivity contribution >= 4 is 11.6 Å². The maximum atomic E-state index is 12.1. The van der Waals surface area contributed by atoms with Crippen molar-refractivity contribution in [3.8, 4) is 5.75 Å². The maximum Gasteiger partial charge on any atom is 0.573 e. The van der Waals surface area contributed by atoms with Gasteiger partial charge in [0.05, 0.1) is 0 Å². The van der Waals surface area contributed by atoms with Crippen molar-refractivity contribution in [3.05, 3.63) is 24.3 Å². The Hall–Kier alpha value is -1.96. The Morgan fingerprint density at radius 1 is 1.29 bits per heavy atom. The summed E-state index contributed by atoms with van der Waals surface area (Å²) in [7, 11) is 0. The van der Waals surface area contributed by atoms with E-state index in [0.717, 1.165) is 32.5 Å². The van der Waals surface area contributed by atoms with Crippen LogP contribution in [0.25, 0.3) is 0 Å². The molecule has 1 spiro atoms. The standard InChI is InChI=1S/C16H20F3N3O2/c17-16(18,19)24-13-3-1-12(2-4-13)22-14(20)21-10-11-9-15(11)5-7-23-8-6-15/h1-4,11H,5-10H2,(H3,20,21,22). The van der Waals surface area contributed by atoms with Crippen molar-refractivity contribution < 1.29 is 22.6 Å². The van der Waals surface area contributed by atoms with Gasteiger partial charge in [0.25, 0.3) is 0 Å². The molecule has 0 radical (unpaired) electrons. The van der Waals surface area contributed by atoms with E-state index in [1.54, 1.807) is 0 Å². The number of anilines is 1. The molecule has 1 saturated heterocycles. The molecule has 1 heterocycles.